The summed E-state index contributed by atoms with van der Waals surface area (Å²) in [4.78, 5) is 18.0. The first-order valence-electron chi connectivity index (χ1n) is 6.77. The topological polar surface area (TPSA) is 42.4 Å². The highest BCUT2D eigenvalue weighted by Crippen LogP contribution is 2.25. The lowest BCUT2D eigenvalue weighted by molar-refractivity contribution is -0.129. The molecule has 2 aromatic heterocycles. The molecule has 1 saturated heterocycles. The van der Waals surface area contributed by atoms with E-state index >= 15 is 0 Å². The summed E-state index contributed by atoms with van der Waals surface area (Å²) in [5, 5.41) is 4.50. The lowest BCUT2D eigenvalue weighted by Gasteiger charge is -2.17. The molecule has 1 fully saturated rings. The van der Waals surface area contributed by atoms with Gasteiger partial charge < -0.3 is 9.64 Å². The maximum atomic E-state index is 12.2. The van der Waals surface area contributed by atoms with Gasteiger partial charge in [0.25, 0.3) is 0 Å². The Morgan fingerprint density at radius 2 is 2.43 bits per heavy atom. The molecule has 0 radical (unpaired) electrons. The van der Waals surface area contributed by atoms with Gasteiger partial charge in [-0.2, -0.15) is 11.3 Å². The van der Waals surface area contributed by atoms with Gasteiger partial charge in [0.2, 0.25) is 5.91 Å². The highest BCUT2D eigenvalue weighted by Gasteiger charge is 2.28. The minimum absolute atomic E-state index is 0.00340. The highest BCUT2D eigenvalue weighted by molar-refractivity contribution is 7.08. The number of amides is 1. The second kappa shape index (κ2) is 6.45. The van der Waals surface area contributed by atoms with Crippen LogP contribution in [0.2, 0.25) is 5.02 Å². The molecule has 3 heterocycles. The van der Waals surface area contributed by atoms with Crippen molar-refractivity contribution in [2.24, 2.45) is 0 Å². The first-order valence-corrected chi connectivity index (χ1v) is 8.09. The number of nitrogens with zero attached hydrogens (tertiary/aromatic N) is 2. The van der Waals surface area contributed by atoms with E-state index < -0.39 is 0 Å². The van der Waals surface area contributed by atoms with Crippen molar-refractivity contribution in [2.45, 2.75) is 18.9 Å². The molecule has 0 N–H and O–H groups in total. The fraction of sp³-hybridized carbons (Fsp3) is 0.333. The van der Waals surface area contributed by atoms with Gasteiger partial charge in [-0.05, 0) is 22.4 Å². The van der Waals surface area contributed by atoms with Crippen LogP contribution in [-0.4, -0.2) is 35.0 Å². The van der Waals surface area contributed by atoms with E-state index in [9.17, 15) is 4.79 Å². The summed E-state index contributed by atoms with van der Waals surface area (Å²) in [6, 6.07) is 3.74. The zero-order valence-electron chi connectivity index (χ0n) is 11.4. The second-order valence-electron chi connectivity index (χ2n) is 4.98. The molecular formula is C15H15ClN2O2S. The molecular weight excluding hydrogens is 308 g/mol. The summed E-state index contributed by atoms with van der Waals surface area (Å²) in [5.74, 6) is 0.782. The van der Waals surface area contributed by atoms with Crippen LogP contribution in [0.3, 0.4) is 0 Å². The normalized spacial score (nSPS) is 18.0. The maximum Gasteiger partial charge on any atom is 0.227 e. The lowest BCUT2D eigenvalue weighted by Crippen LogP contribution is -2.32. The molecule has 0 aromatic carbocycles. The highest BCUT2D eigenvalue weighted by atomic mass is 35.5. The van der Waals surface area contributed by atoms with E-state index in [1.165, 1.54) is 0 Å². The number of hydrogen-bond acceptors (Lipinski definition) is 4. The molecule has 0 spiro atoms. The number of thiophene rings is 1. The van der Waals surface area contributed by atoms with Crippen LogP contribution in [0.15, 0.2) is 35.3 Å². The van der Waals surface area contributed by atoms with Crippen molar-refractivity contribution in [2.75, 3.05) is 13.1 Å². The lowest BCUT2D eigenvalue weighted by atomic mass is 10.2. The molecule has 21 heavy (non-hydrogen) atoms. The third-order valence-corrected chi connectivity index (χ3v) is 4.48. The Morgan fingerprint density at radius 1 is 1.52 bits per heavy atom. The van der Waals surface area contributed by atoms with Gasteiger partial charge in [-0.1, -0.05) is 11.6 Å². The van der Waals surface area contributed by atoms with Crippen LogP contribution in [0, 0.1) is 0 Å². The third-order valence-electron chi connectivity index (χ3n) is 3.46. The predicted octanol–water partition coefficient (Wildman–Crippen LogP) is 3.02. The quantitative estimate of drug-likeness (QED) is 0.869. The van der Waals surface area contributed by atoms with E-state index in [4.69, 9.17) is 16.3 Å². The number of aromatic nitrogens is 1. The van der Waals surface area contributed by atoms with Gasteiger partial charge in [0.15, 0.2) is 0 Å². The molecule has 1 amide bonds. The molecule has 6 heteroatoms. The molecule has 0 unspecified atom stereocenters. The van der Waals surface area contributed by atoms with Crippen LogP contribution in [0.5, 0.6) is 5.75 Å². The van der Waals surface area contributed by atoms with Gasteiger partial charge in [0.1, 0.15) is 16.9 Å². The monoisotopic (exact) mass is 322 g/mol. The van der Waals surface area contributed by atoms with Gasteiger partial charge in [0.05, 0.1) is 13.0 Å². The van der Waals surface area contributed by atoms with E-state index in [2.05, 4.69) is 4.98 Å². The number of carbonyl (C=O) groups excluding carboxylic acids is 1. The van der Waals surface area contributed by atoms with Gasteiger partial charge in [-0.15, -0.1) is 0 Å². The van der Waals surface area contributed by atoms with Crippen LogP contribution >= 0.6 is 22.9 Å². The third kappa shape index (κ3) is 3.54. The Kier molecular flexibility index (Phi) is 4.41. The molecule has 1 aliphatic rings. The van der Waals surface area contributed by atoms with Crippen molar-refractivity contribution in [3.05, 3.63) is 45.9 Å². The Morgan fingerprint density at radius 3 is 3.19 bits per heavy atom. The molecule has 3 rings (SSSR count). The largest absolute Gasteiger partial charge is 0.487 e. The van der Waals surface area contributed by atoms with Gasteiger partial charge in [0, 0.05) is 31.4 Å². The molecule has 4 nitrogen and oxygen atoms in total. The first-order chi connectivity index (χ1) is 10.2. The number of halogens is 1. The Hall–Kier alpha value is -1.59. The second-order valence-corrected chi connectivity index (χ2v) is 6.17. The summed E-state index contributed by atoms with van der Waals surface area (Å²) in [5.41, 5.74) is 1.08. The fourth-order valence-corrected chi connectivity index (χ4v) is 3.20. The molecule has 1 atom stereocenters. The maximum absolute atomic E-state index is 12.2. The van der Waals surface area contributed by atoms with Crippen LogP contribution in [0.4, 0.5) is 0 Å². The molecule has 1 aliphatic heterocycles. The number of likely N-dealkylation sites (tertiary alicyclic amines) is 1. The van der Waals surface area contributed by atoms with Gasteiger partial charge >= 0.3 is 0 Å². The molecule has 0 bridgehead atoms. The van der Waals surface area contributed by atoms with Crippen LogP contribution < -0.4 is 4.74 Å². The summed E-state index contributed by atoms with van der Waals surface area (Å²) in [7, 11) is 0. The van der Waals surface area contributed by atoms with Crippen molar-refractivity contribution in [3.63, 3.8) is 0 Å². The van der Waals surface area contributed by atoms with Crippen molar-refractivity contribution in [3.8, 4) is 5.75 Å². The summed E-state index contributed by atoms with van der Waals surface area (Å²) in [6.45, 7) is 1.35. The summed E-state index contributed by atoms with van der Waals surface area (Å²) >= 11 is 7.64. The van der Waals surface area contributed by atoms with Crippen LogP contribution in [0.1, 0.15) is 12.0 Å². The average molecular weight is 323 g/mol. The number of ether oxygens (including phenoxy) is 1. The number of carbonyl (C=O) groups is 1. The Bertz CT molecular complexity index is 618. The molecule has 0 saturated carbocycles. The first kappa shape index (κ1) is 14.4. The van der Waals surface area contributed by atoms with Crippen molar-refractivity contribution in [1.82, 2.24) is 9.88 Å². The van der Waals surface area contributed by atoms with Gasteiger partial charge in [-0.3, -0.25) is 9.78 Å². The summed E-state index contributed by atoms with van der Waals surface area (Å²) in [6.07, 6.45) is 4.50. The Labute approximate surface area is 132 Å². The zero-order valence-corrected chi connectivity index (χ0v) is 12.9. The van der Waals surface area contributed by atoms with Crippen molar-refractivity contribution >= 4 is 28.8 Å². The minimum Gasteiger partial charge on any atom is -0.487 e. The van der Waals surface area contributed by atoms with Crippen molar-refractivity contribution < 1.29 is 9.53 Å². The van der Waals surface area contributed by atoms with Crippen LogP contribution in [0.25, 0.3) is 0 Å². The number of pyridine rings is 1. The smallest absolute Gasteiger partial charge is 0.227 e. The van der Waals surface area contributed by atoms with Crippen molar-refractivity contribution in [1.29, 1.82) is 0 Å². The van der Waals surface area contributed by atoms with Gasteiger partial charge in [-0.25, -0.2) is 0 Å². The van der Waals surface area contributed by atoms with E-state index in [1.807, 2.05) is 21.7 Å². The average Bonchev–Trinajstić information content (AvgIpc) is 3.13. The number of rotatable bonds is 4. The standard InChI is InChI=1S/C15H15ClN2O2S/c16-13-8-17-4-1-14(13)20-12-2-5-18(9-12)15(19)7-11-3-6-21-10-11/h1,3-4,6,8,10,12H,2,5,7,9H2/t12-/m1/s1. The Balaban J connectivity index is 1.56. The molecule has 0 aliphatic carbocycles. The van der Waals surface area contributed by atoms with E-state index in [-0.39, 0.29) is 12.0 Å². The van der Waals surface area contributed by atoms with Crippen LogP contribution in [-0.2, 0) is 11.2 Å². The minimum atomic E-state index is -0.00340. The molecule has 110 valence electrons. The van der Waals surface area contributed by atoms with E-state index in [0.29, 0.717) is 23.7 Å². The zero-order chi connectivity index (χ0) is 14.7. The predicted molar refractivity (Wildman–Crippen MR) is 82.9 cm³/mol. The number of hydrogen-bond donors (Lipinski definition) is 0. The SMILES string of the molecule is O=C(Cc1ccsc1)N1CC[C@@H](Oc2ccncc2Cl)C1. The summed E-state index contributed by atoms with van der Waals surface area (Å²) < 4.78 is 5.86. The van der Waals surface area contributed by atoms with E-state index in [1.54, 1.807) is 29.8 Å². The fourth-order valence-electron chi connectivity index (χ4n) is 2.37. The molecule has 2 aromatic rings. The van der Waals surface area contributed by atoms with E-state index in [0.717, 1.165) is 18.5 Å².